The molecule has 0 saturated carbocycles. The lowest BCUT2D eigenvalue weighted by atomic mass is 9.81. The minimum Gasteiger partial charge on any atom is -0.440 e. The highest BCUT2D eigenvalue weighted by molar-refractivity contribution is 7.08. The van der Waals surface area contributed by atoms with E-state index >= 15 is 0 Å². The number of ether oxygens (including phenoxy) is 1. The Labute approximate surface area is 154 Å². The van der Waals surface area contributed by atoms with Crippen molar-refractivity contribution in [1.29, 1.82) is 5.26 Å². The molecule has 2 aromatic heterocycles. The zero-order valence-corrected chi connectivity index (χ0v) is 15.4. The fourth-order valence-electron chi connectivity index (χ4n) is 3.53. The number of allylic oxidation sites excluding steroid dienone is 1. The lowest BCUT2D eigenvalue weighted by Gasteiger charge is -2.34. The van der Waals surface area contributed by atoms with Crippen LogP contribution in [0.5, 0.6) is 0 Å². The summed E-state index contributed by atoms with van der Waals surface area (Å²) >= 11 is 3.31. The molecule has 4 nitrogen and oxygen atoms in total. The van der Waals surface area contributed by atoms with Crippen molar-refractivity contribution in [2.75, 3.05) is 20.1 Å². The monoisotopic (exact) mass is 368 g/mol. The van der Waals surface area contributed by atoms with E-state index < -0.39 is 0 Å². The molecule has 0 radical (unpaired) electrons. The molecule has 4 heterocycles. The van der Waals surface area contributed by atoms with Crippen LogP contribution in [0.25, 0.3) is 6.08 Å². The van der Waals surface area contributed by atoms with Gasteiger partial charge in [0.2, 0.25) is 5.88 Å². The molecule has 0 amide bonds. The maximum atomic E-state index is 9.65. The second-order valence-electron chi connectivity index (χ2n) is 6.37. The lowest BCUT2D eigenvalue weighted by molar-refractivity contribution is -0.871. The van der Waals surface area contributed by atoms with Crippen molar-refractivity contribution in [3.63, 3.8) is 0 Å². The summed E-state index contributed by atoms with van der Waals surface area (Å²) in [4.78, 5) is 1.38. The van der Waals surface area contributed by atoms with E-state index in [-0.39, 0.29) is 11.8 Å². The van der Waals surface area contributed by atoms with Crippen molar-refractivity contribution >= 4 is 28.7 Å². The van der Waals surface area contributed by atoms with Crippen molar-refractivity contribution in [2.24, 2.45) is 5.73 Å². The number of nitrogens with zero attached hydrogens (tertiary/aromatic N) is 1. The predicted octanol–water partition coefficient (Wildman–Crippen LogP) is 2.48. The van der Waals surface area contributed by atoms with E-state index in [2.05, 4.69) is 47.5 Å². The van der Waals surface area contributed by atoms with Gasteiger partial charge >= 0.3 is 0 Å². The molecule has 0 spiro atoms. The first-order valence-electron chi connectivity index (χ1n) is 8.04. The molecule has 6 heteroatoms. The van der Waals surface area contributed by atoms with Gasteiger partial charge in [-0.05, 0) is 50.9 Å². The Bertz CT molecular complexity index is 915. The molecular formula is C19H18N3OS2+. The largest absolute Gasteiger partial charge is 0.440 e. The Balaban J connectivity index is 1.87. The van der Waals surface area contributed by atoms with Crippen molar-refractivity contribution in [3.05, 3.63) is 73.1 Å². The molecule has 2 atom stereocenters. The minimum absolute atomic E-state index is 0.110. The van der Waals surface area contributed by atoms with E-state index in [0.717, 1.165) is 35.6 Å². The van der Waals surface area contributed by atoms with Gasteiger partial charge < -0.3 is 15.4 Å². The molecule has 126 valence electrons. The van der Waals surface area contributed by atoms with Crippen LogP contribution in [0.15, 0.2) is 62.0 Å². The van der Waals surface area contributed by atoms with Gasteiger partial charge in [-0.15, -0.1) is 0 Å². The first-order chi connectivity index (χ1) is 12.2. The van der Waals surface area contributed by atoms with E-state index in [0.29, 0.717) is 5.57 Å². The fraction of sp³-hybridized carbons (Fsp3) is 0.211. The number of thiophene rings is 2. The maximum Gasteiger partial charge on any atom is 0.205 e. The topological polar surface area (TPSA) is 63.5 Å². The van der Waals surface area contributed by atoms with Crippen molar-refractivity contribution < 1.29 is 9.64 Å². The summed E-state index contributed by atoms with van der Waals surface area (Å²) in [5.41, 5.74) is 11.2. The summed E-state index contributed by atoms with van der Waals surface area (Å²) in [7, 11) is 2.17. The molecule has 0 saturated heterocycles. The van der Waals surface area contributed by atoms with Gasteiger partial charge in [0.15, 0.2) is 0 Å². The van der Waals surface area contributed by atoms with Gasteiger partial charge in [-0.2, -0.15) is 27.9 Å². The maximum absolute atomic E-state index is 9.65. The van der Waals surface area contributed by atoms with Crippen LogP contribution >= 0.6 is 22.7 Å². The number of quaternary nitrogens is 1. The Morgan fingerprint density at radius 2 is 2.08 bits per heavy atom. The first-order valence-corrected chi connectivity index (χ1v) is 9.93. The van der Waals surface area contributed by atoms with Crippen molar-refractivity contribution in [2.45, 2.75) is 5.92 Å². The number of hydrogen-bond acceptors (Lipinski definition) is 5. The van der Waals surface area contributed by atoms with E-state index in [4.69, 9.17) is 10.5 Å². The summed E-state index contributed by atoms with van der Waals surface area (Å²) in [5, 5.41) is 18.0. The summed E-state index contributed by atoms with van der Waals surface area (Å²) in [6.07, 6.45) is 2.17. The SMILES string of the molecule is C[NH+]1CC2=C(OC(N)=C(C#N)[C@H]2c2ccsc2)/C(=C\c2ccsc2)C1. The van der Waals surface area contributed by atoms with Crippen LogP contribution in [-0.2, 0) is 4.74 Å². The summed E-state index contributed by atoms with van der Waals surface area (Å²) in [6.45, 7) is 1.72. The molecule has 2 aromatic rings. The number of nitrogens with two attached hydrogens (primary N) is 1. The molecule has 0 bridgehead atoms. The van der Waals surface area contributed by atoms with Gasteiger partial charge in [0.1, 0.15) is 30.5 Å². The van der Waals surface area contributed by atoms with E-state index in [1.54, 1.807) is 22.7 Å². The second-order valence-corrected chi connectivity index (χ2v) is 7.93. The minimum atomic E-state index is -0.110. The van der Waals surface area contributed by atoms with Crippen LogP contribution in [0.3, 0.4) is 0 Å². The fourth-order valence-corrected chi connectivity index (χ4v) is 4.83. The van der Waals surface area contributed by atoms with E-state index in [1.807, 2.05) is 5.38 Å². The number of nitriles is 1. The summed E-state index contributed by atoms with van der Waals surface area (Å²) in [6, 6.07) is 6.44. The molecule has 3 N–H and O–H groups in total. The van der Waals surface area contributed by atoms with E-state index in [1.165, 1.54) is 10.5 Å². The van der Waals surface area contributed by atoms with Crippen molar-refractivity contribution in [3.8, 4) is 6.07 Å². The average molecular weight is 369 g/mol. The molecule has 2 aliphatic heterocycles. The van der Waals surface area contributed by atoms with Gasteiger partial charge in [0.25, 0.3) is 0 Å². The Hall–Kier alpha value is -2.33. The highest BCUT2D eigenvalue weighted by Crippen LogP contribution is 2.42. The van der Waals surface area contributed by atoms with Crippen LogP contribution in [0.2, 0.25) is 0 Å². The summed E-state index contributed by atoms with van der Waals surface area (Å²) < 4.78 is 5.97. The van der Waals surface area contributed by atoms with Crippen molar-refractivity contribution in [1.82, 2.24) is 0 Å². The quantitative estimate of drug-likeness (QED) is 0.856. The Morgan fingerprint density at radius 1 is 1.28 bits per heavy atom. The molecule has 0 fully saturated rings. The smallest absolute Gasteiger partial charge is 0.205 e. The highest BCUT2D eigenvalue weighted by Gasteiger charge is 2.38. The van der Waals surface area contributed by atoms with Crippen LogP contribution < -0.4 is 10.6 Å². The third-order valence-electron chi connectivity index (χ3n) is 4.56. The molecule has 1 unspecified atom stereocenters. The molecule has 25 heavy (non-hydrogen) atoms. The Morgan fingerprint density at radius 3 is 2.76 bits per heavy atom. The lowest BCUT2D eigenvalue weighted by Crippen LogP contribution is -3.10. The zero-order valence-electron chi connectivity index (χ0n) is 13.8. The third-order valence-corrected chi connectivity index (χ3v) is 5.97. The standard InChI is InChI=1S/C19H17N3OS2/c1-22-8-14(6-12-2-4-24-10-12)18-16(9-22)17(13-3-5-25-11-13)15(7-20)19(21)23-18/h2-6,10-11,17H,8-9,21H2,1H3/p+1/b14-6-/t17-/m1/s1. The second kappa shape index (κ2) is 6.52. The molecule has 0 aliphatic carbocycles. The molecule has 2 aliphatic rings. The highest BCUT2D eigenvalue weighted by atomic mass is 32.1. The number of nitrogens with one attached hydrogen (secondary N) is 1. The Kier molecular flexibility index (Phi) is 4.22. The normalized spacial score (nSPS) is 24.9. The third kappa shape index (κ3) is 2.91. The summed E-state index contributed by atoms with van der Waals surface area (Å²) in [5.74, 6) is 0.971. The van der Waals surface area contributed by atoms with Crippen LogP contribution in [0.1, 0.15) is 17.0 Å². The van der Waals surface area contributed by atoms with Crippen LogP contribution in [0.4, 0.5) is 0 Å². The van der Waals surface area contributed by atoms with Gasteiger partial charge in [-0.1, -0.05) is 0 Å². The van der Waals surface area contributed by atoms with Gasteiger partial charge in [0, 0.05) is 11.1 Å². The van der Waals surface area contributed by atoms with Crippen LogP contribution in [-0.4, -0.2) is 20.1 Å². The zero-order chi connectivity index (χ0) is 17.4. The number of hydrogen-bond donors (Lipinski definition) is 2. The van der Waals surface area contributed by atoms with Gasteiger partial charge in [-0.3, -0.25) is 0 Å². The first kappa shape index (κ1) is 16.2. The predicted molar refractivity (Wildman–Crippen MR) is 101 cm³/mol. The number of likely N-dealkylation sites (N-methyl/N-ethyl adjacent to an activating group) is 1. The van der Waals surface area contributed by atoms with E-state index in [9.17, 15) is 5.26 Å². The van der Waals surface area contributed by atoms with Gasteiger partial charge in [-0.25, -0.2) is 0 Å². The van der Waals surface area contributed by atoms with Gasteiger partial charge in [0.05, 0.1) is 13.0 Å². The molecule has 0 aromatic carbocycles. The molecule has 4 rings (SSSR count). The average Bonchev–Trinajstić information content (AvgIpc) is 3.28. The molecular weight excluding hydrogens is 350 g/mol. The van der Waals surface area contributed by atoms with Crippen LogP contribution in [0, 0.1) is 11.3 Å². The number of rotatable bonds is 2.